The first-order valence-corrected chi connectivity index (χ1v) is 10.5. The fraction of sp³-hybridized carbons (Fsp3) is 0.200. The number of hydrogen-bond donors (Lipinski definition) is 2. The van der Waals surface area contributed by atoms with Crippen LogP contribution in [0, 0.1) is 0 Å². The van der Waals surface area contributed by atoms with Crippen molar-refractivity contribution in [1.82, 2.24) is 0 Å². The van der Waals surface area contributed by atoms with Gasteiger partial charge < -0.3 is 30.4 Å². The molecule has 0 bridgehead atoms. The number of amides is 2. The minimum absolute atomic E-state index is 0. The monoisotopic (exact) mass is 492 g/mol. The molecular weight excluding hydrogens is 474 g/mol. The van der Waals surface area contributed by atoms with Gasteiger partial charge in [-0.05, 0) is 61.4 Å². The molecule has 0 fully saturated rings. The third-order valence-corrected chi connectivity index (χ3v) is 5.79. The number of hydrogen-bond acceptors (Lipinski definition) is 8. The number of rotatable bonds is 10. The van der Waals surface area contributed by atoms with E-state index < -0.39 is 46.4 Å². The van der Waals surface area contributed by atoms with E-state index in [1.807, 2.05) is 0 Å². The Morgan fingerprint density at radius 3 is 1.18 bits per heavy atom. The number of anilines is 2. The molecule has 2 rings (SSSR count). The molecule has 164 valence electrons. The fourth-order valence-electron chi connectivity index (χ4n) is 2.45. The smallest absolute Gasteiger partial charge is 0.550 e. The molecule has 2 amide bonds. The summed E-state index contributed by atoms with van der Waals surface area (Å²) in [5.74, 6) is -3.78. The number of benzene rings is 2. The summed E-state index contributed by atoms with van der Waals surface area (Å²) in [5.41, 5.74) is 0.605. The molecule has 0 aliphatic rings. The van der Waals surface area contributed by atoms with E-state index in [9.17, 15) is 37.8 Å². The van der Waals surface area contributed by atoms with Gasteiger partial charge in [-0.3, -0.25) is 9.59 Å². The van der Waals surface area contributed by atoms with Gasteiger partial charge >= 0.3 is 59.1 Å². The molecule has 2 aromatic carbocycles. The van der Waals surface area contributed by atoms with Crippen molar-refractivity contribution in [2.24, 2.45) is 0 Å². The number of carbonyl (C=O) groups excluding carboxylic acids is 4. The second-order valence-corrected chi connectivity index (χ2v) is 8.34. The number of aliphatic carboxylic acids is 2. The molecule has 0 saturated heterocycles. The summed E-state index contributed by atoms with van der Waals surface area (Å²) < 4.78 is 25.5. The summed E-state index contributed by atoms with van der Waals surface area (Å²) in [6, 6.07) is 10.6. The van der Waals surface area contributed by atoms with Crippen LogP contribution in [-0.2, 0) is 29.0 Å². The van der Waals surface area contributed by atoms with Crippen LogP contribution >= 0.6 is 0 Å². The van der Waals surface area contributed by atoms with Crippen molar-refractivity contribution >= 4 is 45.0 Å². The van der Waals surface area contributed by atoms with E-state index in [4.69, 9.17) is 0 Å². The van der Waals surface area contributed by atoms with Crippen LogP contribution in [0.15, 0.2) is 58.3 Å². The van der Waals surface area contributed by atoms with Crippen molar-refractivity contribution in [1.29, 1.82) is 0 Å². The summed E-state index contributed by atoms with van der Waals surface area (Å²) in [6.07, 6.45) is -1.38. The molecule has 0 heterocycles. The molecule has 0 spiro atoms. The van der Waals surface area contributed by atoms with Crippen molar-refractivity contribution in [3.8, 4) is 0 Å². The first-order valence-electron chi connectivity index (χ1n) is 9.02. The van der Waals surface area contributed by atoms with Crippen LogP contribution in [0.5, 0.6) is 0 Å². The maximum atomic E-state index is 12.7. The Hall–Kier alpha value is -1.73. The van der Waals surface area contributed by atoms with E-state index in [1.165, 1.54) is 48.5 Å². The van der Waals surface area contributed by atoms with Gasteiger partial charge in [-0.15, -0.1) is 0 Å². The van der Waals surface area contributed by atoms with Gasteiger partial charge in [-0.25, -0.2) is 8.42 Å². The number of carboxylic acid groups (broad SMARTS) is 2. The van der Waals surface area contributed by atoms with Gasteiger partial charge in [0.2, 0.25) is 21.7 Å². The van der Waals surface area contributed by atoms with E-state index in [0.717, 1.165) is 0 Å². The average Bonchev–Trinajstić information content (AvgIpc) is 2.71. The molecule has 0 atom stereocenters. The van der Waals surface area contributed by atoms with Crippen LogP contribution in [0.1, 0.15) is 25.7 Å². The molecular formula is C20H18N2Na2O8S. The molecule has 2 N–H and O–H groups in total. The zero-order valence-electron chi connectivity index (χ0n) is 18.1. The second-order valence-electron chi connectivity index (χ2n) is 6.39. The molecule has 0 aliphatic heterocycles. The Labute approximate surface area is 234 Å². The normalized spacial score (nSPS) is 10.2. The zero-order chi connectivity index (χ0) is 23.0. The third-order valence-electron chi connectivity index (χ3n) is 4.01. The van der Waals surface area contributed by atoms with Gasteiger partial charge in [-0.1, -0.05) is 0 Å². The van der Waals surface area contributed by atoms with Gasteiger partial charge in [0, 0.05) is 36.2 Å². The molecule has 2 aromatic rings. The number of sulfone groups is 1. The number of carbonyl (C=O) groups is 4. The number of nitrogens with one attached hydrogen (secondary N) is 2. The van der Waals surface area contributed by atoms with E-state index in [1.54, 1.807) is 0 Å². The standard InChI is InChI=1S/C20H20N2O8S.2Na/c23-17(9-11-19(25)26)21-13-1-5-15(6-2-13)31(29,30)16-7-3-14(4-8-16)22-18(24)10-12-20(27)28;;/h1-8H,9-12H2,(H,21,23)(H,22,24)(H,25,26)(H,27,28);;/q;2*+1/p-2. The van der Waals surface area contributed by atoms with Gasteiger partial charge in [0.1, 0.15) is 0 Å². The first kappa shape index (κ1) is 31.3. The van der Waals surface area contributed by atoms with E-state index in [-0.39, 0.29) is 81.7 Å². The van der Waals surface area contributed by atoms with Crippen molar-refractivity contribution in [2.75, 3.05) is 10.6 Å². The Balaban J connectivity index is 0.00000512. The van der Waals surface area contributed by atoms with E-state index >= 15 is 0 Å². The summed E-state index contributed by atoms with van der Waals surface area (Å²) >= 11 is 0. The fourth-order valence-corrected chi connectivity index (χ4v) is 3.71. The van der Waals surface area contributed by atoms with Crippen molar-refractivity contribution in [3.05, 3.63) is 48.5 Å². The van der Waals surface area contributed by atoms with Gasteiger partial charge in [0.15, 0.2) is 0 Å². The number of carboxylic acids is 2. The van der Waals surface area contributed by atoms with Gasteiger partial charge in [-0.2, -0.15) is 0 Å². The van der Waals surface area contributed by atoms with Crippen LogP contribution in [0.25, 0.3) is 0 Å². The molecule has 0 radical (unpaired) electrons. The molecule has 33 heavy (non-hydrogen) atoms. The average molecular weight is 492 g/mol. The van der Waals surface area contributed by atoms with Crippen molar-refractivity contribution in [2.45, 2.75) is 35.5 Å². The second kappa shape index (κ2) is 14.5. The summed E-state index contributed by atoms with van der Waals surface area (Å²) in [5, 5.41) is 25.6. The molecule has 0 aliphatic carbocycles. The van der Waals surface area contributed by atoms with Crippen LogP contribution in [0.3, 0.4) is 0 Å². The molecule has 0 unspecified atom stereocenters. The summed E-state index contributed by atoms with van der Waals surface area (Å²) in [7, 11) is -3.87. The van der Waals surface area contributed by atoms with Crippen LogP contribution in [0.4, 0.5) is 11.4 Å². The largest absolute Gasteiger partial charge is 1.00 e. The van der Waals surface area contributed by atoms with E-state index in [2.05, 4.69) is 10.6 Å². The quantitative estimate of drug-likeness (QED) is 0.308. The van der Waals surface area contributed by atoms with Crippen LogP contribution < -0.4 is 80.0 Å². The Kier molecular flexibility index (Phi) is 13.8. The predicted molar refractivity (Wildman–Crippen MR) is 104 cm³/mol. The molecule has 0 aromatic heterocycles. The molecule has 0 saturated carbocycles. The third kappa shape index (κ3) is 10.4. The molecule has 13 heteroatoms. The Morgan fingerprint density at radius 2 is 0.909 bits per heavy atom. The van der Waals surface area contributed by atoms with Crippen molar-refractivity contribution < 1.29 is 96.9 Å². The van der Waals surface area contributed by atoms with Crippen LogP contribution in [-0.4, -0.2) is 32.2 Å². The maximum absolute atomic E-state index is 12.7. The predicted octanol–water partition coefficient (Wildman–Crippen LogP) is -6.54. The maximum Gasteiger partial charge on any atom is 1.00 e. The van der Waals surface area contributed by atoms with Gasteiger partial charge in [0.05, 0.1) is 9.79 Å². The molecule has 10 nitrogen and oxygen atoms in total. The minimum Gasteiger partial charge on any atom is -0.550 e. The van der Waals surface area contributed by atoms with Crippen LogP contribution in [0.2, 0.25) is 0 Å². The summed E-state index contributed by atoms with van der Waals surface area (Å²) in [6.45, 7) is 0. The minimum atomic E-state index is -3.87. The SMILES string of the molecule is O=C([O-])CCC(=O)Nc1ccc(S(=O)(=O)c2ccc(NC(=O)CCC(=O)[O-])cc2)cc1.[Na+].[Na+]. The van der Waals surface area contributed by atoms with Gasteiger partial charge in [0.25, 0.3) is 0 Å². The topological polar surface area (TPSA) is 173 Å². The zero-order valence-corrected chi connectivity index (χ0v) is 22.9. The van der Waals surface area contributed by atoms with E-state index in [0.29, 0.717) is 11.4 Å². The Morgan fingerprint density at radius 1 is 0.606 bits per heavy atom. The first-order chi connectivity index (χ1) is 14.6. The summed E-state index contributed by atoms with van der Waals surface area (Å²) in [4.78, 5) is 43.9. The van der Waals surface area contributed by atoms with Crippen molar-refractivity contribution in [3.63, 3.8) is 0 Å². The Bertz CT molecular complexity index is 1010.